The van der Waals surface area contributed by atoms with Gasteiger partial charge in [-0.25, -0.2) is 4.98 Å². The van der Waals surface area contributed by atoms with E-state index in [0.29, 0.717) is 0 Å². The highest BCUT2D eigenvalue weighted by molar-refractivity contribution is 5.85. The number of ether oxygens (including phenoxy) is 1. The van der Waals surface area contributed by atoms with Gasteiger partial charge in [-0.15, -0.1) is 0 Å². The molecule has 24 heavy (non-hydrogen) atoms. The second-order valence-electron chi connectivity index (χ2n) is 6.45. The Bertz CT molecular complexity index is 711. The smallest absolute Gasteiger partial charge is 0.156 e. The minimum absolute atomic E-state index is 0.737. The van der Waals surface area contributed by atoms with Gasteiger partial charge in [0, 0.05) is 24.5 Å². The number of nitrogen functional groups attached to an aromatic ring is 1. The minimum Gasteiger partial charge on any atom is -0.397 e. The Morgan fingerprint density at radius 2 is 1.79 bits per heavy atom. The number of morpholine rings is 1. The van der Waals surface area contributed by atoms with Crippen LogP contribution in [-0.4, -0.2) is 31.3 Å². The van der Waals surface area contributed by atoms with Crippen LogP contribution in [0.1, 0.15) is 24.1 Å². The zero-order valence-corrected chi connectivity index (χ0v) is 13.9. The molecular weight excluding hydrogens is 300 g/mol. The van der Waals surface area contributed by atoms with Crippen LogP contribution in [-0.2, 0) is 17.6 Å². The normalized spacial score (nSPS) is 17.4. The highest BCUT2D eigenvalue weighted by Crippen LogP contribution is 2.39. The van der Waals surface area contributed by atoms with Gasteiger partial charge in [-0.1, -0.05) is 18.2 Å². The summed E-state index contributed by atoms with van der Waals surface area (Å²) in [5, 5.41) is 3.49. The Balaban J connectivity index is 1.78. The van der Waals surface area contributed by atoms with E-state index in [9.17, 15) is 0 Å². The lowest BCUT2D eigenvalue weighted by molar-refractivity contribution is 0.123. The molecule has 1 saturated heterocycles. The van der Waals surface area contributed by atoms with Crippen molar-refractivity contribution in [1.29, 1.82) is 0 Å². The van der Waals surface area contributed by atoms with Crippen molar-refractivity contribution in [2.24, 2.45) is 0 Å². The summed E-state index contributed by atoms with van der Waals surface area (Å²) in [5.41, 5.74) is 12.0. The van der Waals surface area contributed by atoms with Gasteiger partial charge in [0.05, 0.1) is 18.9 Å². The first-order valence-corrected chi connectivity index (χ1v) is 8.79. The van der Waals surface area contributed by atoms with Gasteiger partial charge >= 0.3 is 0 Å². The Labute approximate surface area is 142 Å². The molecule has 0 amide bonds. The van der Waals surface area contributed by atoms with E-state index in [4.69, 9.17) is 15.5 Å². The number of para-hydroxylation sites is 1. The molecule has 5 heteroatoms. The number of anilines is 4. The fraction of sp³-hybridized carbons (Fsp3) is 0.421. The minimum atomic E-state index is 0.737. The molecule has 0 spiro atoms. The van der Waals surface area contributed by atoms with Crippen LogP contribution in [0.4, 0.5) is 22.9 Å². The summed E-state index contributed by atoms with van der Waals surface area (Å²) in [5.74, 6) is 0.876. The third-order valence-corrected chi connectivity index (χ3v) is 4.85. The lowest BCUT2D eigenvalue weighted by Gasteiger charge is -2.33. The Morgan fingerprint density at radius 1 is 1.04 bits per heavy atom. The van der Waals surface area contributed by atoms with Gasteiger partial charge in [0.25, 0.3) is 0 Å². The SMILES string of the molecule is Nc1c2c(nc(Nc3ccccc3)c1N1CCOCC1)CCCC2. The van der Waals surface area contributed by atoms with E-state index < -0.39 is 0 Å². The molecule has 1 aromatic carbocycles. The van der Waals surface area contributed by atoms with E-state index in [-0.39, 0.29) is 0 Å². The van der Waals surface area contributed by atoms with Crippen molar-refractivity contribution in [3.63, 3.8) is 0 Å². The zero-order chi connectivity index (χ0) is 16.4. The van der Waals surface area contributed by atoms with Crippen LogP contribution >= 0.6 is 0 Å². The first-order chi connectivity index (χ1) is 11.8. The van der Waals surface area contributed by atoms with Gasteiger partial charge in [0.15, 0.2) is 5.82 Å². The van der Waals surface area contributed by atoms with Crippen LogP contribution in [0.25, 0.3) is 0 Å². The molecule has 0 unspecified atom stereocenters. The topological polar surface area (TPSA) is 63.4 Å². The van der Waals surface area contributed by atoms with Gasteiger partial charge in [0.2, 0.25) is 0 Å². The first kappa shape index (κ1) is 15.3. The van der Waals surface area contributed by atoms with Crippen molar-refractivity contribution in [3.8, 4) is 0 Å². The Morgan fingerprint density at radius 3 is 2.58 bits per heavy atom. The maximum Gasteiger partial charge on any atom is 0.156 e. The number of hydrogen-bond acceptors (Lipinski definition) is 5. The number of benzene rings is 1. The highest BCUT2D eigenvalue weighted by Gasteiger charge is 2.25. The molecule has 3 N–H and O–H groups in total. The summed E-state index contributed by atoms with van der Waals surface area (Å²) >= 11 is 0. The van der Waals surface area contributed by atoms with E-state index in [1.165, 1.54) is 18.4 Å². The fourth-order valence-corrected chi connectivity index (χ4v) is 3.61. The third kappa shape index (κ3) is 2.91. The van der Waals surface area contributed by atoms with Crippen LogP contribution < -0.4 is 16.0 Å². The lowest BCUT2D eigenvalue weighted by Crippen LogP contribution is -2.37. The van der Waals surface area contributed by atoms with Gasteiger partial charge in [-0.05, 0) is 43.4 Å². The van der Waals surface area contributed by atoms with Crippen LogP contribution in [0, 0.1) is 0 Å². The van der Waals surface area contributed by atoms with Gasteiger partial charge < -0.3 is 20.7 Å². The summed E-state index contributed by atoms with van der Waals surface area (Å²) < 4.78 is 5.51. The first-order valence-electron chi connectivity index (χ1n) is 8.79. The number of nitrogens with one attached hydrogen (secondary N) is 1. The van der Waals surface area contributed by atoms with E-state index in [1.54, 1.807) is 0 Å². The van der Waals surface area contributed by atoms with Crippen molar-refractivity contribution in [2.45, 2.75) is 25.7 Å². The molecule has 2 aliphatic rings. The molecule has 1 aliphatic heterocycles. The summed E-state index contributed by atoms with van der Waals surface area (Å²) in [6, 6.07) is 10.2. The molecule has 2 heterocycles. The molecule has 4 rings (SSSR count). The summed E-state index contributed by atoms with van der Waals surface area (Å²) in [6.45, 7) is 3.19. The number of hydrogen-bond donors (Lipinski definition) is 2. The van der Waals surface area contributed by atoms with Crippen LogP contribution in [0.5, 0.6) is 0 Å². The number of rotatable bonds is 3. The second-order valence-corrected chi connectivity index (χ2v) is 6.45. The van der Waals surface area contributed by atoms with Crippen molar-refractivity contribution in [1.82, 2.24) is 4.98 Å². The van der Waals surface area contributed by atoms with Crippen molar-refractivity contribution < 1.29 is 4.74 Å². The van der Waals surface area contributed by atoms with E-state index in [1.807, 2.05) is 18.2 Å². The Kier molecular flexibility index (Phi) is 4.26. The maximum absolute atomic E-state index is 6.63. The number of nitrogens with two attached hydrogens (primary N) is 1. The number of fused-ring (bicyclic) bond motifs is 1. The lowest BCUT2D eigenvalue weighted by atomic mass is 9.93. The maximum atomic E-state index is 6.63. The number of pyridine rings is 1. The molecular formula is C19H24N4O. The molecule has 0 bridgehead atoms. The molecule has 0 atom stereocenters. The molecule has 0 saturated carbocycles. The quantitative estimate of drug-likeness (QED) is 0.908. The molecule has 1 fully saturated rings. The molecule has 0 radical (unpaired) electrons. The highest BCUT2D eigenvalue weighted by atomic mass is 16.5. The average molecular weight is 324 g/mol. The average Bonchev–Trinajstić information content (AvgIpc) is 2.64. The number of aromatic nitrogens is 1. The molecule has 5 nitrogen and oxygen atoms in total. The van der Waals surface area contributed by atoms with Crippen LogP contribution in [0.2, 0.25) is 0 Å². The van der Waals surface area contributed by atoms with Crippen molar-refractivity contribution in [3.05, 3.63) is 41.6 Å². The zero-order valence-electron chi connectivity index (χ0n) is 13.9. The van der Waals surface area contributed by atoms with Crippen molar-refractivity contribution >= 4 is 22.9 Å². The second kappa shape index (κ2) is 6.69. The molecule has 2 aromatic rings. The summed E-state index contributed by atoms with van der Waals surface area (Å²) in [4.78, 5) is 7.28. The standard InChI is InChI=1S/C19H24N4O/c20-17-15-8-4-5-9-16(15)22-19(21-14-6-2-1-3-7-14)18(17)23-10-12-24-13-11-23/h1-3,6-7H,4-5,8-13H2,(H3,20,21,22). The largest absolute Gasteiger partial charge is 0.397 e. The van der Waals surface area contributed by atoms with Gasteiger partial charge in [-0.3, -0.25) is 0 Å². The summed E-state index contributed by atoms with van der Waals surface area (Å²) in [6.07, 6.45) is 4.46. The van der Waals surface area contributed by atoms with Crippen molar-refractivity contribution in [2.75, 3.05) is 42.3 Å². The van der Waals surface area contributed by atoms with Crippen LogP contribution in [0.3, 0.4) is 0 Å². The monoisotopic (exact) mass is 324 g/mol. The van der Waals surface area contributed by atoms with E-state index in [2.05, 4.69) is 22.3 Å². The van der Waals surface area contributed by atoms with E-state index in [0.717, 1.165) is 67.7 Å². The predicted octanol–water partition coefficient (Wildman–Crippen LogP) is 3.12. The molecule has 1 aliphatic carbocycles. The fourth-order valence-electron chi connectivity index (χ4n) is 3.61. The van der Waals surface area contributed by atoms with Gasteiger partial charge in [0.1, 0.15) is 5.69 Å². The number of nitrogens with zero attached hydrogens (tertiary/aromatic N) is 2. The molecule has 1 aromatic heterocycles. The van der Waals surface area contributed by atoms with Gasteiger partial charge in [-0.2, -0.15) is 0 Å². The van der Waals surface area contributed by atoms with E-state index >= 15 is 0 Å². The number of aryl methyl sites for hydroxylation is 1. The summed E-state index contributed by atoms with van der Waals surface area (Å²) in [7, 11) is 0. The third-order valence-electron chi connectivity index (χ3n) is 4.85. The predicted molar refractivity (Wildman–Crippen MR) is 98.0 cm³/mol. The Hall–Kier alpha value is -2.27. The molecule has 126 valence electrons. The van der Waals surface area contributed by atoms with Crippen LogP contribution in [0.15, 0.2) is 30.3 Å².